The highest BCUT2D eigenvalue weighted by Gasteiger charge is 2.17. The summed E-state index contributed by atoms with van der Waals surface area (Å²) in [7, 11) is 3.92. The second-order valence-electron chi connectivity index (χ2n) is 3.31. The zero-order valence-electron chi connectivity index (χ0n) is 9.11. The number of rotatable bonds is 0. The minimum atomic E-state index is 0. The molecule has 0 aromatic carbocycles. The van der Waals surface area contributed by atoms with Crippen molar-refractivity contribution in [1.29, 1.82) is 0 Å². The van der Waals surface area contributed by atoms with Crippen molar-refractivity contribution >= 4 is 0 Å². The van der Waals surface area contributed by atoms with E-state index in [4.69, 9.17) is 0 Å². The summed E-state index contributed by atoms with van der Waals surface area (Å²) in [6.07, 6.45) is 18.3. The van der Waals surface area contributed by atoms with Crippen LogP contribution in [0.25, 0.3) is 0 Å². The summed E-state index contributed by atoms with van der Waals surface area (Å²) >= 11 is 0. The average Bonchev–Trinajstić information content (AvgIpc) is 2.21. The van der Waals surface area contributed by atoms with Crippen molar-refractivity contribution in [3.05, 3.63) is 60.3 Å². The van der Waals surface area contributed by atoms with Gasteiger partial charge < -0.3 is 24.8 Å². The predicted molar refractivity (Wildman–Crippen MR) is 56.5 cm³/mol. The molecule has 0 fully saturated rings. The number of nitrogens with zero attached hydrogens (tertiary/aromatic N) is 2. The van der Waals surface area contributed by atoms with Crippen LogP contribution in [0.15, 0.2) is 47.9 Å². The average molecular weight is 255 g/mol. The van der Waals surface area contributed by atoms with Gasteiger partial charge in [0.05, 0.1) is 12.2 Å². The van der Waals surface area contributed by atoms with Gasteiger partial charge in [0.15, 0.2) is 11.1 Å². The highest BCUT2D eigenvalue weighted by Crippen LogP contribution is 2.17. The van der Waals surface area contributed by atoms with Crippen LogP contribution in [0, 0.1) is 12.4 Å². The van der Waals surface area contributed by atoms with Crippen molar-refractivity contribution in [2.75, 3.05) is 14.1 Å². The first-order valence-corrected chi connectivity index (χ1v) is 4.51. The molecular weight excluding hydrogens is 243 g/mol. The first-order valence-electron chi connectivity index (χ1n) is 4.51. The lowest BCUT2D eigenvalue weighted by Crippen LogP contribution is -3.00. The van der Waals surface area contributed by atoms with Crippen molar-refractivity contribution in [3.63, 3.8) is 0 Å². The van der Waals surface area contributed by atoms with Crippen molar-refractivity contribution in [1.82, 2.24) is 9.80 Å². The Bertz CT molecular complexity index is 310. The van der Waals surface area contributed by atoms with Gasteiger partial charge in [-0.2, -0.15) is 0 Å². The van der Waals surface area contributed by atoms with Gasteiger partial charge in [-0.1, -0.05) is 0 Å². The second-order valence-corrected chi connectivity index (χ2v) is 3.31. The van der Waals surface area contributed by atoms with Crippen LogP contribution in [0.3, 0.4) is 0 Å². The maximum atomic E-state index is 3.11. The lowest BCUT2D eigenvalue weighted by molar-refractivity contribution is -0.001000. The number of halogens is 2. The van der Waals surface area contributed by atoms with Crippen LogP contribution in [0.1, 0.15) is 0 Å². The molecule has 2 aliphatic rings. The Labute approximate surface area is 109 Å². The summed E-state index contributed by atoms with van der Waals surface area (Å²) in [6.45, 7) is 0. The zero-order chi connectivity index (χ0) is 9.97. The van der Waals surface area contributed by atoms with Gasteiger partial charge in [-0.3, -0.25) is 0 Å². The lowest BCUT2D eigenvalue weighted by Gasteiger charge is -2.02. The van der Waals surface area contributed by atoms with Gasteiger partial charge in [0.1, 0.15) is 37.0 Å². The molecule has 4 heteroatoms. The third-order valence-electron chi connectivity index (χ3n) is 2.14. The first kappa shape index (κ1) is 14.7. The molecule has 0 unspecified atom stereocenters. The minimum absolute atomic E-state index is 0. The standard InChI is InChI=1S/C12H12N2.2ClH/c1-13-7-3-11(4-8-13)12-5-9-14(2)10-6-12;;/h3-7,9H,1-2H3;2*1H/q+2;;/p-2. The Balaban J connectivity index is 0.00000112. The predicted octanol–water partition coefficient (Wildman–Crippen LogP) is -4.16. The Morgan fingerprint density at radius 3 is 1.44 bits per heavy atom. The number of hydrogen-bond donors (Lipinski definition) is 0. The molecule has 0 saturated heterocycles. The fraction of sp³-hybridized carbons (Fsp3) is 0.167. The van der Waals surface area contributed by atoms with Gasteiger partial charge >= 0.3 is 0 Å². The van der Waals surface area contributed by atoms with E-state index in [0.717, 1.165) is 0 Å². The van der Waals surface area contributed by atoms with Gasteiger partial charge in [-0.05, 0) is 0 Å². The van der Waals surface area contributed by atoms with E-state index in [1.54, 1.807) is 0 Å². The molecule has 84 valence electrons. The summed E-state index contributed by atoms with van der Waals surface area (Å²) in [5.74, 6) is 0. The first-order chi connectivity index (χ1) is 6.75. The minimum Gasteiger partial charge on any atom is -1.00 e. The largest absolute Gasteiger partial charge is 1.00 e. The summed E-state index contributed by atoms with van der Waals surface area (Å²) in [5.41, 5.74) is 2.33. The molecular formula is C12H12Cl2N2. The molecule has 0 atom stereocenters. The molecule has 0 N–H and O–H groups in total. The lowest BCUT2D eigenvalue weighted by atomic mass is 10.1. The fourth-order valence-electron chi connectivity index (χ4n) is 1.27. The molecule has 0 aromatic heterocycles. The molecule has 2 nitrogen and oxygen atoms in total. The Kier molecular flexibility index (Phi) is 5.81. The third kappa shape index (κ3) is 3.37. The Morgan fingerprint density at radius 2 is 1.19 bits per heavy atom. The molecule has 0 radical (unpaired) electrons. The smallest absolute Gasteiger partial charge is 0.153 e. The van der Waals surface area contributed by atoms with Crippen LogP contribution in [-0.2, 0) is 0 Å². The fourth-order valence-corrected chi connectivity index (χ4v) is 1.27. The van der Waals surface area contributed by atoms with Gasteiger partial charge in [0, 0.05) is 14.1 Å². The SMILES string of the molecule is CN1[C+]=CC(=C2C=[C+]N(C)C=C2)C=C1.[Cl-].[Cl-]. The summed E-state index contributed by atoms with van der Waals surface area (Å²) in [4.78, 5) is 3.80. The maximum Gasteiger partial charge on any atom is 0.153 e. The van der Waals surface area contributed by atoms with E-state index in [0.29, 0.717) is 0 Å². The molecule has 16 heavy (non-hydrogen) atoms. The number of allylic oxidation sites excluding steroid dienone is 6. The van der Waals surface area contributed by atoms with E-state index in [2.05, 4.69) is 24.6 Å². The maximum absolute atomic E-state index is 3.11. The van der Waals surface area contributed by atoms with Crippen molar-refractivity contribution < 1.29 is 24.8 Å². The van der Waals surface area contributed by atoms with E-state index in [1.807, 2.05) is 48.4 Å². The van der Waals surface area contributed by atoms with Crippen molar-refractivity contribution in [2.24, 2.45) is 0 Å². The quantitative estimate of drug-likeness (QED) is 0.405. The molecule has 2 rings (SSSR count). The third-order valence-corrected chi connectivity index (χ3v) is 2.14. The molecule has 0 bridgehead atoms. The molecule has 0 aliphatic carbocycles. The van der Waals surface area contributed by atoms with Gasteiger partial charge in [-0.15, -0.1) is 0 Å². The van der Waals surface area contributed by atoms with Gasteiger partial charge in [0.25, 0.3) is 0 Å². The van der Waals surface area contributed by atoms with Gasteiger partial charge in [-0.25, -0.2) is 9.80 Å². The van der Waals surface area contributed by atoms with Crippen LogP contribution in [0.5, 0.6) is 0 Å². The van der Waals surface area contributed by atoms with Crippen LogP contribution in [0.2, 0.25) is 0 Å². The number of hydrogen-bond acceptors (Lipinski definition) is 2. The Hall–Kier alpha value is -1.30. The van der Waals surface area contributed by atoms with Crippen LogP contribution >= 0.6 is 0 Å². The second kappa shape index (κ2) is 6.32. The van der Waals surface area contributed by atoms with Crippen LogP contribution in [-0.4, -0.2) is 23.9 Å². The highest BCUT2D eigenvalue weighted by atomic mass is 35.5. The molecule has 2 aliphatic heterocycles. The molecule has 0 spiro atoms. The Morgan fingerprint density at radius 1 is 0.812 bits per heavy atom. The normalized spacial score (nSPS) is 20.9. The highest BCUT2D eigenvalue weighted by molar-refractivity contribution is 5.47. The van der Waals surface area contributed by atoms with Crippen molar-refractivity contribution in [3.8, 4) is 0 Å². The van der Waals surface area contributed by atoms with Gasteiger partial charge in [0.2, 0.25) is 0 Å². The summed E-state index contributed by atoms with van der Waals surface area (Å²) in [5, 5.41) is 0. The molecule has 0 saturated carbocycles. The van der Waals surface area contributed by atoms with E-state index in [1.165, 1.54) is 11.1 Å². The molecule has 2 heterocycles. The van der Waals surface area contributed by atoms with Crippen LogP contribution < -0.4 is 24.8 Å². The summed E-state index contributed by atoms with van der Waals surface area (Å²) < 4.78 is 0. The van der Waals surface area contributed by atoms with E-state index < -0.39 is 0 Å². The van der Waals surface area contributed by atoms with E-state index in [9.17, 15) is 0 Å². The molecule has 0 amide bonds. The molecule has 0 aromatic rings. The van der Waals surface area contributed by atoms with Crippen LogP contribution in [0.4, 0.5) is 0 Å². The zero-order valence-corrected chi connectivity index (χ0v) is 10.6. The topological polar surface area (TPSA) is 6.48 Å². The summed E-state index contributed by atoms with van der Waals surface area (Å²) in [6, 6.07) is 0. The van der Waals surface area contributed by atoms with E-state index in [-0.39, 0.29) is 24.8 Å². The monoisotopic (exact) mass is 254 g/mol. The van der Waals surface area contributed by atoms with Crippen molar-refractivity contribution in [2.45, 2.75) is 0 Å². The van der Waals surface area contributed by atoms with E-state index >= 15 is 0 Å².